The van der Waals surface area contributed by atoms with Gasteiger partial charge in [0.1, 0.15) is 24.0 Å². The molecule has 0 aliphatic carbocycles. The lowest BCUT2D eigenvalue weighted by atomic mass is 10.2. The fourth-order valence-electron chi connectivity index (χ4n) is 1.66. The molecule has 0 N–H and O–H groups in total. The third-order valence-corrected chi connectivity index (χ3v) is 2.64. The van der Waals surface area contributed by atoms with Crippen LogP contribution < -0.4 is 9.47 Å². The summed E-state index contributed by atoms with van der Waals surface area (Å²) in [6.07, 6.45) is 0. The van der Waals surface area contributed by atoms with Gasteiger partial charge in [0.2, 0.25) is 0 Å². The van der Waals surface area contributed by atoms with E-state index in [0.717, 1.165) is 5.56 Å². The number of hydrogen-bond donors (Lipinski definition) is 0. The molecule has 0 fully saturated rings. The van der Waals surface area contributed by atoms with Gasteiger partial charge in [-0.05, 0) is 17.7 Å². The van der Waals surface area contributed by atoms with Crippen LogP contribution in [0.2, 0.25) is 0 Å². The zero-order valence-corrected chi connectivity index (χ0v) is 10.4. The molecule has 0 saturated heterocycles. The first kappa shape index (κ1) is 12.9. The number of nitriles is 1. The normalized spacial score (nSPS) is 9.74. The van der Waals surface area contributed by atoms with Crippen molar-refractivity contribution in [2.24, 2.45) is 0 Å². The molecule has 2 rings (SSSR count). The van der Waals surface area contributed by atoms with Gasteiger partial charge in [0.05, 0.1) is 7.11 Å². The van der Waals surface area contributed by atoms with Gasteiger partial charge in [-0.25, -0.2) is 4.39 Å². The van der Waals surface area contributed by atoms with Crippen LogP contribution in [0.3, 0.4) is 0 Å². The number of halogens is 1. The minimum Gasteiger partial charge on any atom is -0.495 e. The van der Waals surface area contributed by atoms with Crippen LogP contribution in [0.25, 0.3) is 0 Å². The molecule has 0 radical (unpaired) electrons. The molecule has 2 aromatic carbocycles. The molecule has 3 nitrogen and oxygen atoms in total. The Morgan fingerprint density at radius 1 is 1.11 bits per heavy atom. The molecule has 0 atom stereocenters. The number of hydrogen-bond acceptors (Lipinski definition) is 3. The maximum absolute atomic E-state index is 14.0. The van der Waals surface area contributed by atoms with Crippen molar-refractivity contribution >= 4 is 0 Å². The SMILES string of the molecule is COc1ccc(OCc2ccccc2)c(F)c1C#N. The van der Waals surface area contributed by atoms with Crippen LogP contribution in [0, 0.1) is 17.1 Å². The minimum absolute atomic E-state index is 0.0428. The molecule has 0 amide bonds. The van der Waals surface area contributed by atoms with Gasteiger partial charge in [0.15, 0.2) is 11.6 Å². The highest BCUT2D eigenvalue weighted by molar-refractivity contribution is 5.49. The Morgan fingerprint density at radius 3 is 2.42 bits per heavy atom. The average molecular weight is 257 g/mol. The maximum atomic E-state index is 14.0. The van der Waals surface area contributed by atoms with E-state index in [9.17, 15) is 4.39 Å². The highest BCUT2D eigenvalue weighted by Gasteiger charge is 2.14. The number of methoxy groups -OCH3 is 1. The summed E-state index contributed by atoms with van der Waals surface area (Å²) in [5.74, 6) is -0.453. The Kier molecular flexibility index (Phi) is 3.99. The van der Waals surface area contributed by atoms with Crippen molar-refractivity contribution in [3.63, 3.8) is 0 Å². The van der Waals surface area contributed by atoms with Crippen molar-refractivity contribution in [1.82, 2.24) is 0 Å². The molecule has 0 aliphatic heterocycles. The number of rotatable bonds is 4. The molecule has 0 aromatic heterocycles. The number of ether oxygens (including phenoxy) is 2. The number of nitrogens with zero attached hydrogens (tertiary/aromatic N) is 1. The first-order chi connectivity index (χ1) is 9.26. The van der Waals surface area contributed by atoms with Crippen LogP contribution >= 0.6 is 0 Å². The zero-order chi connectivity index (χ0) is 13.7. The highest BCUT2D eigenvalue weighted by Crippen LogP contribution is 2.28. The first-order valence-electron chi connectivity index (χ1n) is 5.69. The molecule has 4 heteroatoms. The van der Waals surface area contributed by atoms with E-state index in [2.05, 4.69) is 0 Å². The van der Waals surface area contributed by atoms with Crippen LogP contribution in [0.4, 0.5) is 4.39 Å². The van der Waals surface area contributed by atoms with Gasteiger partial charge in [0, 0.05) is 0 Å². The summed E-state index contributed by atoms with van der Waals surface area (Å²) in [4.78, 5) is 0. The van der Waals surface area contributed by atoms with Gasteiger partial charge >= 0.3 is 0 Å². The summed E-state index contributed by atoms with van der Waals surface area (Å²) in [5, 5.41) is 8.91. The highest BCUT2D eigenvalue weighted by atomic mass is 19.1. The molecule has 2 aromatic rings. The van der Waals surface area contributed by atoms with E-state index >= 15 is 0 Å². The van der Waals surface area contributed by atoms with Gasteiger partial charge < -0.3 is 9.47 Å². The molecule has 0 spiro atoms. The van der Waals surface area contributed by atoms with Gasteiger partial charge in [-0.3, -0.25) is 0 Å². The maximum Gasteiger partial charge on any atom is 0.186 e. The quantitative estimate of drug-likeness (QED) is 0.844. The predicted octanol–water partition coefficient (Wildman–Crippen LogP) is 3.28. The lowest BCUT2D eigenvalue weighted by Gasteiger charge is -2.10. The summed E-state index contributed by atoms with van der Waals surface area (Å²) in [6.45, 7) is 0.245. The van der Waals surface area contributed by atoms with Crippen molar-refractivity contribution < 1.29 is 13.9 Å². The van der Waals surface area contributed by atoms with Crippen molar-refractivity contribution in [3.8, 4) is 17.6 Å². The van der Waals surface area contributed by atoms with Crippen LogP contribution in [0.5, 0.6) is 11.5 Å². The van der Waals surface area contributed by atoms with E-state index in [1.54, 1.807) is 6.07 Å². The fraction of sp³-hybridized carbons (Fsp3) is 0.133. The second-order valence-corrected chi connectivity index (χ2v) is 3.84. The minimum atomic E-state index is -0.696. The Morgan fingerprint density at radius 2 is 1.79 bits per heavy atom. The second-order valence-electron chi connectivity index (χ2n) is 3.84. The van der Waals surface area contributed by atoms with Gasteiger partial charge in [-0.15, -0.1) is 0 Å². The third kappa shape index (κ3) is 2.83. The van der Waals surface area contributed by atoms with Crippen molar-refractivity contribution in [2.75, 3.05) is 7.11 Å². The second kappa shape index (κ2) is 5.87. The van der Waals surface area contributed by atoms with Crippen LogP contribution in [-0.4, -0.2) is 7.11 Å². The molecule has 0 heterocycles. The fourth-order valence-corrected chi connectivity index (χ4v) is 1.66. The summed E-state index contributed by atoms with van der Waals surface area (Å²) in [6, 6.07) is 14.2. The number of benzene rings is 2. The van der Waals surface area contributed by atoms with Gasteiger partial charge in [-0.2, -0.15) is 5.26 Å². The van der Waals surface area contributed by atoms with Crippen molar-refractivity contribution in [3.05, 3.63) is 59.4 Å². The van der Waals surface area contributed by atoms with Gasteiger partial charge in [-0.1, -0.05) is 30.3 Å². The average Bonchev–Trinajstić information content (AvgIpc) is 2.46. The lowest BCUT2D eigenvalue weighted by Crippen LogP contribution is -2.00. The molecule has 19 heavy (non-hydrogen) atoms. The molecule has 0 saturated carbocycles. The molecule has 0 aliphatic rings. The van der Waals surface area contributed by atoms with E-state index in [1.165, 1.54) is 19.2 Å². The van der Waals surface area contributed by atoms with E-state index in [-0.39, 0.29) is 23.7 Å². The molecular weight excluding hydrogens is 245 g/mol. The largest absolute Gasteiger partial charge is 0.495 e. The van der Waals surface area contributed by atoms with Crippen LogP contribution in [0.15, 0.2) is 42.5 Å². The summed E-state index contributed by atoms with van der Waals surface area (Å²) >= 11 is 0. The van der Waals surface area contributed by atoms with Crippen molar-refractivity contribution in [1.29, 1.82) is 5.26 Å². The molecule has 96 valence electrons. The van der Waals surface area contributed by atoms with E-state index < -0.39 is 5.82 Å². The third-order valence-electron chi connectivity index (χ3n) is 2.64. The Hall–Kier alpha value is -2.54. The standard InChI is InChI=1S/C15H12FNO2/c1-18-13-7-8-14(15(16)12(13)9-17)19-10-11-5-3-2-4-6-11/h2-8H,10H2,1H3. The molecule has 0 bridgehead atoms. The topological polar surface area (TPSA) is 42.2 Å². The Balaban J connectivity index is 2.20. The molecule has 0 unspecified atom stereocenters. The smallest absolute Gasteiger partial charge is 0.186 e. The van der Waals surface area contributed by atoms with Crippen LogP contribution in [0.1, 0.15) is 11.1 Å². The molecular formula is C15H12FNO2. The summed E-state index contributed by atoms with van der Waals surface area (Å²) in [7, 11) is 1.39. The Labute approximate surface area is 110 Å². The van der Waals surface area contributed by atoms with Gasteiger partial charge in [0.25, 0.3) is 0 Å². The lowest BCUT2D eigenvalue weighted by molar-refractivity contribution is 0.288. The van der Waals surface area contributed by atoms with Crippen molar-refractivity contribution in [2.45, 2.75) is 6.61 Å². The Bertz CT molecular complexity index is 606. The summed E-state index contributed by atoms with van der Waals surface area (Å²) in [5.41, 5.74) is 0.782. The van der Waals surface area contributed by atoms with E-state index in [0.29, 0.717) is 0 Å². The zero-order valence-electron chi connectivity index (χ0n) is 10.4. The van der Waals surface area contributed by atoms with E-state index in [4.69, 9.17) is 14.7 Å². The summed E-state index contributed by atoms with van der Waals surface area (Å²) < 4.78 is 24.3. The van der Waals surface area contributed by atoms with Crippen LogP contribution in [-0.2, 0) is 6.61 Å². The predicted molar refractivity (Wildman–Crippen MR) is 68.4 cm³/mol. The monoisotopic (exact) mass is 257 g/mol. The van der Waals surface area contributed by atoms with E-state index in [1.807, 2.05) is 30.3 Å². The first-order valence-corrected chi connectivity index (χ1v) is 5.69.